The average Bonchev–Trinajstić information content (AvgIpc) is 2.73. The average molecular weight is 285 g/mol. The first-order valence-corrected chi connectivity index (χ1v) is 6.03. The Morgan fingerprint density at radius 1 is 1.44 bits per heavy atom. The highest BCUT2D eigenvalue weighted by molar-refractivity contribution is 7.15. The summed E-state index contributed by atoms with van der Waals surface area (Å²) in [5.74, 6) is 5.17. The van der Waals surface area contributed by atoms with Crippen molar-refractivity contribution in [3.63, 3.8) is 0 Å². The third-order valence-electron chi connectivity index (χ3n) is 1.95. The lowest BCUT2D eigenvalue weighted by Gasteiger charge is -2.04. The molecule has 0 fully saturated rings. The molecule has 0 aliphatic heterocycles. The van der Waals surface area contributed by atoms with Crippen LogP contribution in [0.25, 0.3) is 0 Å². The zero-order chi connectivity index (χ0) is 13.1. The second-order valence-corrected chi connectivity index (χ2v) is 4.86. The SMILES string of the molecule is Cc1nnc(NC(=O)c2cc(Cl)nc(NN)c2)s1. The van der Waals surface area contributed by atoms with Crippen LogP contribution in [0.1, 0.15) is 15.4 Å². The number of hydrogen-bond acceptors (Lipinski definition) is 7. The van der Waals surface area contributed by atoms with E-state index in [4.69, 9.17) is 17.4 Å². The first-order chi connectivity index (χ1) is 8.58. The van der Waals surface area contributed by atoms with Gasteiger partial charge in [0.1, 0.15) is 16.0 Å². The largest absolute Gasteiger partial charge is 0.308 e. The summed E-state index contributed by atoms with van der Waals surface area (Å²) in [6, 6.07) is 2.92. The standard InChI is InChI=1S/C9H9ClN6OS/c1-4-15-16-9(18-4)13-8(17)5-2-6(10)12-7(3-5)14-11/h2-3H,11H2,1H3,(H,12,14)(H,13,16,17). The van der Waals surface area contributed by atoms with E-state index in [0.717, 1.165) is 5.01 Å². The normalized spacial score (nSPS) is 10.2. The molecule has 2 aromatic heterocycles. The van der Waals surface area contributed by atoms with Crippen molar-refractivity contribution in [2.24, 2.45) is 5.84 Å². The maximum Gasteiger partial charge on any atom is 0.257 e. The minimum atomic E-state index is -0.355. The van der Waals surface area contributed by atoms with E-state index in [-0.39, 0.29) is 11.1 Å². The van der Waals surface area contributed by atoms with Crippen LogP contribution >= 0.6 is 22.9 Å². The highest BCUT2D eigenvalue weighted by atomic mass is 35.5. The van der Waals surface area contributed by atoms with Gasteiger partial charge in [-0.15, -0.1) is 10.2 Å². The zero-order valence-electron chi connectivity index (χ0n) is 9.27. The molecule has 2 aromatic rings. The highest BCUT2D eigenvalue weighted by Crippen LogP contribution is 2.17. The lowest BCUT2D eigenvalue weighted by atomic mass is 10.2. The van der Waals surface area contributed by atoms with Crippen molar-refractivity contribution in [3.05, 3.63) is 27.9 Å². The van der Waals surface area contributed by atoms with Gasteiger partial charge in [0.15, 0.2) is 0 Å². The number of nitrogens with zero attached hydrogens (tertiary/aromatic N) is 3. The molecule has 2 rings (SSSR count). The number of hydrogen-bond donors (Lipinski definition) is 3. The topological polar surface area (TPSA) is 106 Å². The fourth-order valence-electron chi connectivity index (χ4n) is 1.22. The number of nitrogens with two attached hydrogens (primary N) is 1. The number of nitrogen functional groups attached to an aromatic ring is 1. The Morgan fingerprint density at radius 2 is 2.22 bits per heavy atom. The third kappa shape index (κ3) is 2.92. The number of nitrogens with one attached hydrogen (secondary N) is 2. The van der Waals surface area contributed by atoms with Gasteiger partial charge in [-0.2, -0.15) is 0 Å². The number of aromatic nitrogens is 3. The van der Waals surface area contributed by atoms with Crippen molar-refractivity contribution in [1.29, 1.82) is 0 Å². The molecular formula is C9H9ClN6OS. The van der Waals surface area contributed by atoms with E-state index in [1.165, 1.54) is 23.5 Å². The summed E-state index contributed by atoms with van der Waals surface area (Å²) in [6.45, 7) is 1.80. The van der Waals surface area contributed by atoms with E-state index in [0.29, 0.717) is 16.5 Å². The van der Waals surface area contributed by atoms with Crippen molar-refractivity contribution in [2.75, 3.05) is 10.7 Å². The van der Waals surface area contributed by atoms with Gasteiger partial charge >= 0.3 is 0 Å². The zero-order valence-corrected chi connectivity index (χ0v) is 10.8. The summed E-state index contributed by atoms with van der Waals surface area (Å²) in [4.78, 5) is 15.8. The Morgan fingerprint density at radius 3 is 2.83 bits per heavy atom. The van der Waals surface area contributed by atoms with Gasteiger partial charge in [-0.1, -0.05) is 22.9 Å². The summed E-state index contributed by atoms with van der Waals surface area (Å²) < 4.78 is 0. The molecule has 0 saturated carbocycles. The molecule has 1 amide bonds. The van der Waals surface area contributed by atoms with Gasteiger partial charge < -0.3 is 5.43 Å². The molecule has 0 bridgehead atoms. The number of hydrazine groups is 1. The Hall–Kier alpha value is -1.77. The summed E-state index contributed by atoms with van der Waals surface area (Å²) in [7, 11) is 0. The molecule has 0 radical (unpaired) electrons. The van der Waals surface area contributed by atoms with E-state index >= 15 is 0 Å². The lowest BCUT2D eigenvalue weighted by molar-refractivity contribution is 0.102. The molecule has 0 unspecified atom stereocenters. The van der Waals surface area contributed by atoms with Crippen LogP contribution in [0.4, 0.5) is 10.9 Å². The number of anilines is 2. The van der Waals surface area contributed by atoms with E-state index < -0.39 is 0 Å². The van der Waals surface area contributed by atoms with Crippen LogP contribution in [0.2, 0.25) is 5.15 Å². The molecule has 0 saturated heterocycles. The number of amides is 1. The summed E-state index contributed by atoms with van der Waals surface area (Å²) in [6.07, 6.45) is 0. The third-order valence-corrected chi connectivity index (χ3v) is 2.90. The molecule has 4 N–H and O–H groups in total. The van der Waals surface area contributed by atoms with Gasteiger partial charge in [-0.25, -0.2) is 10.8 Å². The van der Waals surface area contributed by atoms with E-state index in [2.05, 4.69) is 25.9 Å². The number of halogens is 1. The molecule has 0 aliphatic carbocycles. The summed E-state index contributed by atoms with van der Waals surface area (Å²) in [5.41, 5.74) is 2.66. The van der Waals surface area contributed by atoms with E-state index in [9.17, 15) is 4.79 Å². The van der Waals surface area contributed by atoms with Crippen molar-refractivity contribution in [3.8, 4) is 0 Å². The molecule has 0 aromatic carbocycles. The van der Waals surface area contributed by atoms with E-state index in [1.807, 2.05) is 0 Å². The minimum Gasteiger partial charge on any atom is -0.308 e. The predicted octanol–water partition coefficient (Wildman–Crippen LogP) is 1.43. The quantitative estimate of drug-likeness (QED) is 0.447. The summed E-state index contributed by atoms with van der Waals surface area (Å²) >= 11 is 7.05. The van der Waals surface area contributed by atoms with Crippen LogP contribution < -0.4 is 16.6 Å². The number of rotatable bonds is 3. The lowest BCUT2D eigenvalue weighted by Crippen LogP contribution is -2.14. The van der Waals surface area contributed by atoms with Gasteiger partial charge in [0, 0.05) is 5.56 Å². The molecular weight excluding hydrogens is 276 g/mol. The van der Waals surface area contributed by atoms with Gasteiger partial charge in [0.05, 0.1) is 0 Å². The van der Waals surface area contributed by atoms with Gasteiger partial charge in [-0.3, -0.25) is 10.1 Å². The van der Waals surface area contributed by atoms with Crippen molar-refractivity contribution < 1.29 is 4.79 Å². The van der Waals surface area contributed by atoms with Crippen LogP contribution in [0, 0.1) is 6.92 Å². The molecule has 0 aliphatic rings. The number of carbonyl (C=O) groups excluding carboxylic acids is 1. The Bertz CT molecular complexity index is 586. The van der Waals surface area contributed by atoms with Crippen LogP contribution in [-0.4, -0.2) is 21.1 Å². The predicted molar refractivity (Wildman–Crippen MR) is 69.7 cm³/mol. The summed E-state index contributed by atoms with van der Waals surface area (Å²) in [5, 5.41) is 11.6. The molecule has 94 valence electrons. The number of pyridine rings is 1. The fraction of sp³-hybridized carbons (Fsp3) is 0.111. The van der Waals surface area contributed by atoms with Gasteiger partial charge in [-0.05, 0) is 19.1 Å². The Labute approximate surface area is 111 Å². The molecule has 2 heterocycles. The molecule has 9 heteroatoms. The second kappa shape index (κ2) is 5.25. The number of carbonyl (C=O) groups is 1. The Balaban J connectivity index is 2.20. The maximum absolute atomic E-state index is 11.9. The fourth-order valence-corrected chi connectivity index (χ4v) is 2.01. The van der Waals surface area contributed by atoms with Crippen molar-refractivity contribution >= 4 is 39.8 Å². The van der Waals surface area contributed by atoms with Crippen LogP contribution in [0.3, 0.4) is 0 Å². The molecule has 0 atom stereocenters. The number of aryl methyl sites for hydroxylation is 1. The van der Waals surface area contributed by atoms with Crippen molar-refractivity contribution in [2.45, 2.75) is 6.92 Å². The van der Waals surface area contributed by atoms with Crippen LogP contribution in [-0.2, 0) is 0 Å². The first-order valence-electron chi connectivity index (χ1n) is 4.84. The highest BCUT2D eigenvalue weighted by Gasteiger charge is 2.11. The smallest absolute Gasteiger partial charge is 0.257 e. The second-order valence-electron chi connectivity index (χ2n) is 3.29. The monoisotopic (exact) mass is 284 g/mol. The maximum atomic E-state index is 11.9. The molecule has 0 spiro atoms. The van der Waals surface area contributed by atoms with Crippen molar-refractivity contribution in [1.82, 2.24) is 15.2 Å². The molecule has 7 nitrogen and oxygen atoms in total. The van der Waals surface area contributed by atoms with Crippen LogP contribution in [0.5, 0.6) is 0 Å². The van der Waals surface area contributed by atoms with Crippen LogP contribution in [0.15, 0.2) is 12.1 Å². The van der Waals surface area contributed by atoms with Gasteiger partial charge in [0.25, 0.3) is 5.91 Å². The first kappa shape index (κ1) is 12.7. The van der Waals surface area contributed by atoms with Gasteiger partial charge in [0.2, 0.25) is 5.13 Å². The minimum absolute atomic E-state index is 0.170. The Kier molecular flexibility index (Phi) is 3.70. The van der Waals surface area contributed by atoms with E-state index in [1.54, 1.807) is 6.92 Å². The molecule has 18 heavy (non-hydrogen) atoms.